The van der Waals surface area contributed by atoms with Crippen molar-refractivity contribution in [1.29, 1.82) is 0 Å². The van der Waals surface area contributed by atoms with Crippen molar-refractivity contribution in [2.45, 2.75) is 31.4 Å². The van der Waals surface area contributed by atoms with Crippen LogP contribution >= 0.6 is 12.4 Å². The third-order valence-corrected chi connectivity index (χ3v) is 3.36. The minimum atomic E-state index is -1.00. The second-order valence-electron chi connectivity index (χ2n) is 4.91. The SMILES string of the molecule is CC(N)(C(=O)NCC1CCCO1)c1ccccc1.Cl. The lowest BCUT2D eigenvalue weighted by Crippen LogP contribution is -2.50. The normalized spacial score (nSPS) is 21.3. The van der Waals surface area contributed by atoms with Crippen LogP contribution in [0.3, 0.4) is 0 Å². The number of nitrogens with two attached hydrogens (primary N) is 1. The maximum absolute atomic E-state index is 12.1. The molecule has 5 heteroatoms. The van der Waals surface area contributed by atoms with Crippen molar-refractivity contribution < 1.29 is 9.53 Å². The maximum Gasteiger partial charge on any atom is 0.244 e. The highest BCUT2D eigenvalue weighted by Gasteiger charge is 2.30. The molecule has 3 N–H and O–H groups in total. The molecular weight excluding hydrogens is 264 g/mol. The number of carbonyl (C=O) groups is 1. The van der Waals surface area contributed by atoms with Gasteiger partial charge in [-0.3, -0.25) is 4.79 Å². The first-order valence-corrected chi connectivity index (χ1v) is 6.35. The number of amides is 1. The Morgan fingerprint density at radius 1 is 1.47 bits per heavy atom. The fourth-order valence-electron chi connectivity index (χ4n) is 2.11. The van der Waals surface area contributed by atoms with Crippen LogP contribution in [-0.4, -0.2) is 25.2 Å². The lowest BCUT2D eigenvalue weighted by Gasteiger charge is -2.24. The summed E-state index contributed by atoms with van der Waals surface area (Å²) >= 11 is 0. The molecule has 1 aliphatic rings. The van der Waals surface area contributed by atoms with Gasteiger partial charge in [-0.15, -0.1) is 12.4 Å². The summed E-state index contributed by atoms with van der Waals surface area (Å²) in [6, 6.07) is 9.41. The number of benzene rings is 1. The summed E-state index contributed by atoms with van der Waals surface area (Å²) in [7, 11) is 0. The van der Waals surface area contributed by atoms with Crippen molar-refractivity contribution in [3.63, 3.8) is 0 Å². The van der Waals surface area contributed by atoms with Crippen molar-refractivity contribution in [3.8, 4) is 0 Å². The summed E-state index contributed by atoms with van der Waals surface area (Å²) in [4.78, 5) is 12.1. The minimum absolute atomic E-state index is 0. The Kier molecular flexibility index (Phi) is 5.79. The number of halogens is 1. The van der Waals surface area contributed by atoms with E-state index in [0.717, 1.165) is 25.0 Å². The summed E-state index contributed by atoms with van der Waals surface area (Å²) in [6.45, 7) is 3.06. The third-order valence-electron chi connectivity index (χ3n) is 3.36. The first kappa shape index (κ1) is 16.0. The lowest BCUT2D eigenvalue weighted by atomic mass is 9.92. The van der Waals surface area contributed by atoms with Crippen molar-refractivity contribution in [1.82, 2.24) is 5.32 Å². The predicted molar refractivity (Wildman–Crippen MR) is 77.2 cm³/mol. The predicted octanol–water partition coefficient (Wildman–Crippen LogP) is 1.58. The molecule has 0 radical (unpaired) electrons. The van der Waals surface area contributed by atoms with Crippen molar-refractivity contribution in [3.05, 3.63) is 35.9 Å². The molecule has 1 aliphatic heterocycles. The van der Waals surface area contributed by atoms with Gasteiger partial charge in [0.15, 0.2) is 0 Å². The van der Waals surface area contributed by atoms with Gasteiger partial charge in [-0.1, -0.05) is 30.3 Å². The van der Waals surface area contributed by atoms with Crippen LogP contribution in [0.5, 0.6) is 0 Å². The van der Waals surface area contributed by atoms with Crippen LogP contribution < -0.4 is 11.1 Å². The van der Waals surface area contributed by atoms with E-state index in [4.69, 9.17) is 10.5 Å². The Morgan fingerprint density at radius 2 is 2.16 bits per heavy atom. The number of nitrogens with one attached hydrogen (secondary N) is 1. The minimum Gasteiger partial charge on any atom is -0.376 e. The summed E-state index contributed by atoms with van der Waals surface area (Å²) < 4.78 is 5.47. The molecule has 4 nitrogen and oxygen atoms in total. The van der Waals surface area contributed by atoms with Gasteiger partial charge in [0, 0.05) is 13.2 Å². The molecule has 0 spiro atoms. The third kappa shape index (κ3) is 3.93. The Hall–Kier alpha value is -1.10. The van der Waals surface area contributed by atoms with Gasteiger partial charge in [0.05, 0.1) is 6.10 Å². The van der Waals surface area contributed by atoms with Crippen LogP contribution in [0.25, 0.3) is 0 Å². The van der Waals surface area contributed by atoms with Crippen LogP contribution in [-0.2, 0) is 15.1 Å². The van der Waals surface area contributed by atoms with E-state index in [1.807, 2.05) is 30.3 Å². The second-order valence-corrected chi connectivity index (χ2v) is 4.91. The van der Waals surface area contributed by atoms with Crippen molar-refractivity contribution in [2.24, 2.45) is 5.73 Å². The maximum atomic E-state index is 12.1. The van der Waals surface area contributed by atoms with Crippen molar-refractivity contribution in [2.75, 3.05) is 13.2 Å². The number of hydrogen-bond acceptors (Lipinski definition) is 3. The monoisotopic (exact) mass is 284 g/mol. The van der Waals surface area contributed by atoms with E-state index in [1.165, 1.54) is 0 Å². The molecule has 1 fully saturated rings. The molecule has 2 rings (SSSR count). The van der Waals surface area contributed by atoms with E-state index >= 15 is 0 Å². The van der Waals surface area contributed by atoms with E-state index in [2.05, 4.69) is 5.32 Å². The van der Waals surface area contributed by atoms with Gasteiger partial charge < -0.3 is 15.8 Å². The highest BCUT2D eigenvalue weighted by Crippen LogP contribution is 2.18. The number of carbonyl (C=O) groups excluding carboxylic acids is 1. The molecule has 106 valence electrons. The smallest absolute Gasteiger partial charge is 0.244 e. The van der Waals surface area contributed by atoms with Gasteiger partial charge in [0.25, 0.3) is 0 Å². The van der Waals surface area contributed by atoms with Crippen LogP contribution in [0.2, 0.25) is 0 Å². The number of hydrogen-bond donors (Lipinski definition) is 2. The average Bonchev–Trinajstić information content (AvgIpc) is 2.90. The Morgan fingerprint density at radius 3 is 2.74 bits per heavy atom. The molecule has 2 atom stereocenters. The largest absolute Gasteiger partial charge is 0.376 e. The van der Waals surface area contributed by atoms with Crippen LogP contribution in [0.1, 0.15) is 25.3 Å². The highest BCUT2D eigenvalue weighted by atomic mass is 35.5. The first-order chi connectivity index (χ1) is 8.60. The van der Waals surface area contributed by atoms with Gasteiger partial charge in [0.2, 0.25) is 5.91 Å². The molecular formula is C14H21ClN2O2. The zero-order chi connectivity index (χ0) is 13.0. The summed E-state index contributed by atoms with van der Waals surface area (Å²) in [6.07, 6.45) is 2.21. The fourth-order valence-corrected chi connectivity index (χ4v) is 2.11. The highest BCUT2D eigenvalue weighted by molar-refractivity contribution is 5.87. The number of rotatable bonds is 4. The Balaban J connectivity index is 0.00000180. The molecule has 1 aromatic carbocycles. The van der Waals surface area contributed by atoms with Gasteiger partial charge in [-0.25, -0.2) is 0 Å². The Labute approximate surface area is 120 Å². The molecule has 0 bridgehead atoms. The van der Waals surface area contributed by atoms with Gasteiger partial charge >= 0.3 is 0 Å². The molecule has 1 saturated heterocycles. The molecule has 1 aromatic rings. The fraction of sp³-hybridized carbons (Fsp3) is 0.500. The quantitative estimate of drug-likeness (QED) is 0.882. The van der Waals surface area contributed by atoms with Gasteiger partial charge in [-0.05, 0) is 25.3 Å². The molecule has 0 aromatic heterocycles. The van der Waals surface area contributed by atoms with Crippen LogP contribution in [0.4, 0.5) is 0 Å². The lowest BCUT2D eigenvalue weighted by molar-refractivity contribution is -0.126. The van der Waals surface area contributed by atoms with E-state index in [1.54, 1.807) is 6.92 Å². The summed E-state index contributed by atoms with van der Waals surface area (Å²) in [5.74, 6) is -0.163. The van der Waals surface area contributed by atoms with Crippen molar-refractivity contribution >= 4 is 18.3 Å². The zero-order valence-corrected chi connectivity index (χ0v) is 11.9. The van der Waals surface area contributed by atoms with Crippen LogP contribution in [0.15, 0.2) is 30.3 Å². The molecule has 0 saturated carbocycles. The van der Waals surface area contributed by atoms with Gasteiger partial charge in [-0.2, -0.15) is 0 Å². The van der Waals surface area contributed by atoms with E-state index in [9.17, 15) is 4.79 Å². The summed E-state index contributed by atoms with van der Waals surface area (Å²) in [5, 5.41) is 2.87. The molecule has 2 unspecified atom stereocenters. The standard InChI is InChI=1S/C14H20N2O2.ClH/c1-14(15,11-6-3-2-4-7-11)13(17)16-10-12-8-5-9-18-12;/h2-4,6-7,12H,5,8-10,15H2,1H3,(H,16,17);1H. The zero-order valence-electron chi connectivity index (χ0n) is 11.1. The Bertz CT molecular complexity index is 403. The summed E-state index contributed by atoms with van der Waals surface area (Å²) in [5.41, 5.74) is 5.93. The van der Waals surface area contributed by atoms with Crippen LogP contribution in [0, 0.1) is 0 Å². The molecule has 1 heterocycles. The van der Waals surface area contributed by atoms with Gasteiger partial charge in [0.1, 0.15) is 5.54 Å². The topological polar surface area (TPSA) is 64.4 Å². The number of ether oxygens (including phenoxy) is 1. The average molecular weight is 285 g/mol. The second kappa shape index (κ2) is 6.89. The van der Waals surface area contributed by atoms with E-state index < -0.39 is 5.54 Å². The molecule has 1 amide bonds. The van der Waals surface area contributed by atoms with E-state index in [-0.39, 0.29) is 24.4 Å². The molecule has 0 aliphatic carbocycles. The van der Waals surface area contributed by atoms with E-state index in [0.29, 0.717) is 6.54 Å². The molecule has 19 heavy (non-hydrogen) atoms. The first-order valence-electron chi connectivity index (χ1n) is 6.35.